The Labute approximate surface area is 412 Å². The molecule has 0 aliphatic carbocycles. The van der Waals surface area contributed by atoms with Crippen LogP contribution in [-0.2, 0) is 61.4 Å². The van der Waals surface area contributed by atoms with Gasteiger partial charge in [-0.25, -0.2) is 4.79 Å². The highest BCUT2D eigenvalue weighted by molar-refractivity contribution is 5.16. The minimum atomic E-state index is -0.733. The van der Waals surface area contributed by atoms with Crippen molar-refractivity contribution in [1.82, 2.24) is 19.8 Å². The zero-order chi connectivity index (χ0) is 48.3. The van der Waals surface area contributed by atoms with Gasteiger partial charge < -0.3 is 28.4 Å². The third-order valence-corrected chi connectivity index (χ3v) is 13.5. The molecule has 2 heterocycles. The zero-order valence-electron chi connectivity index (χ0n) is 41.7. The Morgan fingerprint density at radius 1 is 0.623 bits per heavy atom. The number of hydrogen-bond donors (Lipinski definition) is 0. The largest absolute Gasteiger partial charge is 0.374 e. The average molecular weight is 945 g/mol. The van der Waals surface area contributed by atoms with E-state index in [1.807, 2.05) is 72.8 Å². The Balaban J connectivity index is 1.24. The van der Waals surface area contributed by atoms with E-state index < -0.39 is 30.6 Å². The van der Waals surface area contributed by atoms with E-state index in [4.69, 9.17) is 28.4 Å². The van der Waals surface area contributed by atoms with Crippen LogP contribution in [0.25, 0.3) is 0 Å². The normalized spacial score (nSPS) is 19.6. The summed E-state index contributed by atoms with van der Waals surface area (Å²) in [6.45, 7) is 12.6. The molecule has 5 unspecified atom stereocenters. The maximum absolute atomic E-state index is 14.3. The molecule has 69 heavy (non-hydrogen) atoms. The number of hydrogen-bond acceptors (Lipinski definition) is 9. The molecule has 5 aromatic rings. The first-order valence-electron chi connectivity index (χ1n) is 25.9. The van der Waals surface area contributed by atoms with Crippen molar-refractivity contribution in [1.29, 1.82) is 0 Å². The van der Waals surface area contributed by atoms with E-state index >= 15 is 0 Å². The maximum atomic E-state index is 14.3. The van der Waals surface area contributed by atoms with Crippen LogP contribution in [-0.4, -0.2) is 63.7 Å². The van der Waals surface area contributed by atoms with Crippen molar-refractivity contribution in [2.24, 2.45) is 11.8 Å². The van der Waals surface area contributed by atoms with E-state index in [9.17, 15) is 4.79 Å². The number of nitrogens with zero attached hydrogens (tertiary/aromatic N) is 4. The quantitative estimate of drug-likeness (QED) is 0.0294. The SMILES string of the molecule is C=CCn1nnn([C@@H](COC2OC(COCc3ccccc3)C(OCc3ccccc3)C(C)C2C)[C@H](OCc2ccccc2)[C@@H](CCCCCCCCCCCCCC)OCc2ccccc2)c1=O. The highest BCUT2D eigenvalue weighted by Crippen LogP contribution is 2.36. The molecule has 0 amide bonds. The molecule has 1 saturated heterocycles. The first-order valence-corrected chi connectivity index (χ1v) is 25.9. The Hall–Kier alpha value is -4.75. The Morgan fingerprint density at radius 2 is 1.13 bits per heavy atom. The van der Waals surface area contributed by atoms with Gasteiger partial charge in [0.15, 0.2) is 6.29 Å². The summed E-state index contributed by atoms with van der Waals surface area (Å²) in [5, 5.41) is 8.79. The van der Waals surface area contributed by atoms with Gasteiger partial charge in [-0.3, -0.25) is 0 Å². The summed E-state index contributed by atoms with van der Waals surface area (Å²) in [6, 6.07) is 40.0. The lowest BCUT2D eigenvalue weighted by atomic mass is 9.84. The van der Waals surface area contributed by atoms with Crippen LogP contribution in [0, 0.1) is 11.8 Å². The summed E-state index contributed by atoms with van der Waals surface area (Å²) in [5.74, 6) is -0.0508. The van der Waals surface area contributed by atoms with Crippen LogP contribution in [0.5, 0.6) is 0 Å². The summed E-state index contributed by atoms with van der Waals surface area (Å²) in [4.78, 5) is 14.3. The average Bonchev–Trinajstić information content (AvgIpc) is 3.74. The van der Waals surface area contributed by atoms with Crippen LogP contribution in [0.4, 0.5) is 0 Å². The Morgan fingerprint density at radius 3 is 1.68 bits per heavy atom. The van der Waals surface area contributed by atoms with Gasteiger partial charge in [0.25, 0.3) is 0 Å². The van der Waals surface area contributed by atoms with Crippen molar-refractivity contribution in [2.75, 3.05) is 13.2 Å². The number of unbranched alkanes of at least 4 members (excludes halogenated alkanes) is 11. The molecule has 0 radical (unpaired) electrons. The van der Waals surface area contributed by atoms with Crippen LogP contribution in [0.3, 0.4) is 0 Å². The number of allylic oxidation sites excluding steroid dienone is 1. The van der Waals surface area contributed by atoms with Gasteiger partial charge in [0, 0.05) is 5.92 Å². The highest BCUT2D eigenvalue weighted by Gasteiger charge is 2.44. The number of aromatic nitrogens is 4. The van der Waals surface area contributed by atoms with Crippen LogP contribution >= 0.6 is 0 Å². The highest BCUT2D eigenvalue weighted by atomic mass is 16.7. The fraction of sp³-hybridized carbons (Fsp3) is 0.534. The van der Waals surface area contributed by atoms with E-state index in [1.165, 1.54) is 73.6 Å². The van der Waals surface area contributed by atoms with Crippen LogP contribution < -0.4 is 5.69 Å². The van der Waals surface area contributed by atoms with Gasteiger partial charge in [-0.05, 0) is 45.0 Å². The molecule has 1 fully saturated rings. The molecule has 1 aromatic heterocycles. The van der Waals surface area contributed by atoms with Crippen molar-refractivity contribution in [3.63, 3.8) is 0 Å². The van der Waals surface area contributed by atoms with E-state index in [2.05, 4.69) is 86.3 Å². The molecule has 0 spiro atoms. The molecular formula is C58H80N4O7. The summed E-state index contributed by atoms with van der Waals surface area (Å²) >= 11 is 0. The molecule has 11 heteroatoms. The third-order valence-electron chi connectivity index (χ3n) is 13.5. The molecule has 0 saturated carbocycles. The van der Waals surface area contributed by atoms with Crippen molar-refractivity contribution in [3.05, 3.63) is 167 Å². The van der Waals surface area contributed by atoms with Crippen molar-refractivity contribution >= 4 is 0 Å². The Bertz CT molecular complexity index is 2150. The summed E-state index contributed by atoms with van der Waals surface area (Å²) in [5.41, 5.74) is 3.86. The number of rotatable bonds is 34. The first-order chi connectivity index (χ1) is 33.9. The summed E-state index contributed by atoms with van der Waals surface area (Å²) < 4.78 is 43.6. The smallest absolute Gasteiger partial charge is 0.364 e. The van der Waals surface area contributed by atoms with Crippen LogP contribution in [0.1, 0.15) is 133 Å². The third kappa shape index (κ3) is 17.9. The molecule has 6 rings (SSSR count). The first kappa shape index (κ1) is 53.6. The van der Waals surface area contributed by atoms with Gasteiger partial charge in [-0.2, -0.15) is 9.36 Å². The molecule has 0 bridgehead atoms. The minimum absolute atomic E-state index is 0.0327. The molecule has 8 atom stereocenters. The van der Waals surface area contributed by atoms with Crippen LogP contribution in [0.2, 0.25) is 0 Å². The van der Waals surface area contributed by atoms with E-state index in [1.54, 1.807) is 6.08 Å². The van der Waals surface area contributed by atoms with Crippen molar-refractivity contribution < 1.29 is 28.4 Å². The lowest BCUT2D eigenvalue weighted by Gasteiger charge is -2.44. The topological polar surface area (TPSA) is 108 Å². The van der Waals surface area contributed by atoms with Gasteiger partial charge >= 0.3 is 5.69 Å². The van der Waals surface area contributed by atoms with Gasteiger partial charge in [-0.1, -0.05) is 225 Å². The number of tetrazole rings is 1. The predicted molar refractivity (Wildman–Crippen MR) is 273 cm³/mol. The maximum Gasteiger partial charge on any atom is 0.364 e. The molecule has 1 aliphatic rings. The lowest BCUT2D eigenvalue weighted by Crippen LogP contribution is -2.53. The second-order valence-electron chi connectivity index (χ2n) is 18.9. The standard InChI is InChI=1S/C58H80N4O7/c1-5-7-8-9-10-11-12-13-14-15-16-29-38-53(65-41-49-32-23-18-24-33-49)56(67-43-51-36-27-20-28-37-51)52(62-58(63)61(39-6-2)59-60-62)44-68-57-47(4)46(3)55(66-42-50-34-25-19-26-35-50)54(69-57)45-64-40-48-30-21-17-22-31-48/h6,17-28,30-37,46-47,52-57H,2,5,7-16,29,38-45H2,1,3-4H3/t46?,47?,52-,53+,54?,55?,56-,57?/m0/s1. The fourth-order valence-corrected chi connectivity index (χ4v) is 9.25. The number of benzene rings is 4. The fourth-order valence-electron chi connectivity index (χ4n) is 9.25. The van der Waals surface area contributed by atoms with Crippen molar-refractivity contribution in [3.8, 4) is 0 Å². The second kappa shape index (κ2) is 30.8. The zero-order valence-corrected chi connectivity index (χ0v) is 41.7. The molecule has 4 aromatic carbocycles. The van der Waals surface area contributed by atoms with Crippen molar-refractivity contribution in [2.45, 2.75) is 174 Å². The summed E-state index contributed by atoms with van der Waals surface area (Å²) in [6.07, 6.45) is 15.0. The Kier molecular flexibility index (Phi) is 23.9. The molecule has 374 valence electrons. The van der Waals surface area contributed by atoms with E-state index in [0.29, 0.717) is 33.0 Å². The van der Waals surface area contributed by atoms with E-state index in [0.717, 1.165) is 41.5 Å². The van der Waals surface area contributed by atoms with Gasteiger partial charge in [0.2, 0.25) is 0 Å². The minimum Gasteiger partial charge on any atom is -0.374 e. The molecule has 11 nitrogen and oxygen atoms in total. The van der Waals surface area contributed by atoms with Gasteiger partial charge in [0.1, 0.15) is 18.2 Å². The predicted octanol–water partition coefficient (Wildman–Crippen LogP) is 12.2. The van der Waals surface area contributed by atoms with Gasteiger partial charge in [-0.15, -0.1) is 6.58 Å². The van der Waals surface area contributed by atoms with Crippen LogP contribution in [0.15, 0.2) is 139 Å². The monoisotopic (exact) mass is 945 g/mol. The number of ether oxygens (including phenoxy) is 6. The molecule has 0 N–H and O–H groups in total. The molecule has 1 aliphatic heterocycles. The van der Waals surface area contributed by atoms with Gasteiger partial charge in [0.05, 0.1) is 58.4 Å². The summed E-state index contributed by atoms with van der Waals surface area (Å²) in [7, 11) is 0. The molecular weight excluding hydrogens is 865 g/mol. The van der Waals surface area contributed by atoms with E-state index in [-0.39, 0.29) is 36.8 Å². The lowest BCUT2D eigenvalue weighted by molar-refractivity contribution is -0.285. The second-order valence-corrected chi connectivity index (χ2v) is 18.9.